The molecular weight excluding hydrogens is 485 g/mol. The third-order valence-electron chi connectivity index (χ3n) is 8.67. The quantitative estimate of drug-likeness (QED) is 0.356. The Balaban J connectivity index is 2.01. The SMILES string of the molecule is CCC1(C2(c3ccccc3F)C(c3ccccc3F)=CC(C(=O)O)C=C2c2ccccc2F)CCCCC1. The van der Waals surface area contributed by atoms with E-state index in [1.54, 1.807) is 66.7 Å². The molecule has 0 unspecified atom stereocenters. The Kier molecular flexibility index (Phi) is 7.04. The number of aliphatic carboxylic acids is 1. The van der Waals surface area contributed by atoms with Gasteiger partial charge in [-0.3, -0.25) is 4.79 Å². The summed E-state index contributed by atoms with van der Waals surface area (Å²) in [6.07, 6.45) is 7.97. The highest BCUT2D eigenvalue weighted by Crippen LogP contribution is 2.66. The van der Waals surface area contributed by atoms with E-state index >= 15 is 13.2 Å². The van der Waals surface area contributed by atoms with Crippen LogP contribution in [-0.2, 0) is 10.2 Å². The smallest absolute Gasteiger partial charge is 0.314 e. The molecule has 0 aromatic heterocycles. The van der Waals surface area contributed by atoms with E-state index < -0.39 is 40.2 Å². The van der Waals surface area contributed by atoms with Crippen LogP contribution in [0.25, 0.3) is 11.1 Å². The van der Waals surface area contributed by atoms with Gasteiger partial charge in [-0.2, -0.15) is 0 Å². The van der Waals surface area contributed by atoms with Gasteiger partial charge in [0, 0.05) is 16.7 Å². The zero-order chi connectivity index (χ0) is 26.9. The van der Waals surface area contributed by atoms with Gasteiger partial charge in [0.15, 0.2) is 0 Å². The van der Waals surface area contributed by atoms with Gasteiger partial charge in [-0.15, -0.1) is 0 Å². The van der Waals surface area contributed by atoms with E-state index in [-0.39, 0.29) is 11.1 Å². The normalized spacial score (nSPS) is 22.9. The maximum Gasteiger partial charge on any atom is 0.314 e. The molecule has 0 amide bonds. The van der Waals surface area contributed by atoms with Gasteiger partial charge in [0.05, 0.1) is 11.3 Å². The van der Waals surface area contributed by atoms with E-state index in [0.717, 1.165) is 19.3 Å². The summed E-state index contributed by atoms with van der Waals surface area (Å²) in [7, 11) is 0. The van der Waals surface area contributed by atoms with Gasteiger partial charge < -0.3 is 5.11 Å². The minimum atomic E-state index is -1.33. The molecule has 38 heavy (non-hydrogen) atoms. The first-order valence-corrected chi connectivity index (χ1v) is 13.3. The lowest BCUT2D eigenvalue weighted by Gasteiger charge is -2.57. The van der Waals surface area contributed by atoms with Gasteiger partial charge in [-0.25, -0.2) is 13.2 Å². The van der Waals surface area contributed by atoms with Crippen molar-refractivity contribution >= 4 is 17.1 Å². The highest BCUT2D eigenvalue weighted by atomic mass is 19.1. The summed E-state index contributed by atoms with van der Waals surface area (Å²) in [5, 5.41) is 10.2. The van der Waals surface area contributed by atoms with Crippen LogP contribution in [-0.4, -0.2) is 11.1 Å². The summed E-state index contributed by atoms with van der Waals surface area (Å²) in [6.45, 7) is 2.05. The monoisotopic (exact) mass is 516 g/mol. The van der Waals surface area contributed by atoms with E-state index in [9.17, 15) is 9.90 Å². The molecule has 2 aliphatic carbocycles. The molecular formula is C33H31F3O2. The zero-order valence-corrected chi connectivity index (χ0v) is 21.4. The summed E-state index contributed by atoms with van der Waals surface area (Å²) in [4.78, 5) is 12.5. The van der Waals surface area contributed by atoms with Crippen LogP contribution in [0.15, 0.2) is 84.9 Å². The molecule has 1 N–H and O–H groups in total. The number of rotatable bonds is 6. The van der Waals surface area contributed by atoms with Gasteiger partial charge in [0.2, 0.25) is 0 Å². The zero-order valence-electron chi connectivity index (χ0n) is 21.4. The van der Waals surface area contributed by atoms with Crippen molar-refractivity contribution in [1.29, 1.82) is 0 Å². The number of carboxylic acids is 1. The van der Waals surface area contributed by atoms with Crippen LogP contribution in [0.1, 0.15) is 62.1 Å². The van der Waals surface area contributed by atoms with Crippen LogP contribution in [0.5, 0.6) is 0 Å². The van der Waals surface area contributed by atoms with Crippen LogP contribution in [0, 0.1) is 28.8 Å². The Morgan fingerprint density at radius 1 is 0.763 bits per heavy atom. The Labute approximate surface area is 221 Å². The number of hydrogen-bond acceptors (Lipinski definition) is 1. The first kappa shape index (κ1) is 26.0. The molecule has 2 nitrogen and oxygen atoms in total. The molecule has 5 heteroatoms. The number of benzene rings is 3. The van der Waals surface area contributed by atoms with Crippen LogP contribution < -0.4 is 0 Å². The molecule has 0 bridgehead atoms. The van der Waals surface area contributed by atoms with Crippen LogP contribution in [0.4, 0.5) is 13.2 Å². The van der Waals surface area contributed by atoms with Crippen molar-refractivity contribution in [2.75, 3.05) is 0 Å². The minimum Gasteiger partial charge on any atom is -0.481 e. The highest BCUT2D eigenvalue weighted by molar-refractivity contribution is 5.99. The maximum absolute atomic E-state index is 16.2. The second-order valence-electron chi connectivity index (χ2n) is 10.4. The fourth-order valence-electron chi connectivity index (χ4n) is 7.02. The van der Waals surface area contributed by atoms with Crippen LogP contribution >= 0.6 is 0 Å². The van der Waals surface area contributed by atoms with Crippen molar-refractivity contribution < 1.29 is 23.1 Å². The van der Waals surface area contributed by atoms with Crippen molar-refractivity contribution in [3.63, 3.8) is 0 Å². The van der Waals surface area contributed by atoms with E-state index in [4.69, 9.17) is 0 Å². The number of carboxylic acid groups (broad SMARTS) is 1. The van der Waals surface area contributed by atoms with Crippen molar-refractivity contribution in [3.8, 4) is 0 Å². The molecule has 0 spiro atoms. The van der Waals surface area contributed by atoms with Crippen molar-refractivity contribution in [2.24, 2.45) is 11.3 Å². The second kappa shape index (κ2) is 10.3. The molecule has 0 aliphatic heterocycles. The third-order valence-corrected chi connectivity index (χ3v) is 8.67. The number of allylic oxidation sites excluding steroid dienone is 2. The predicted molar refractivity (Wildman–Crippen MR) is 144 cm³/mol. The second-order valence-corrected chi connectivity index (χ2v) is 10.4. The van der Waals surface area contributed by atoms with Gasteiger partial charge >= 0.3 is 5.97 Å². The topological polar surface area (TPSA) is 37.3 Å². The molecule has 0 atom stereocenters. The number of hydrogen-bond donors (Lipinski definition) is 1. The Morgan fingerprint density at radius 2 is 1.24 bits per heavy atom. The fraction of sp³-hybridized carbons (Fsp3) is 0.303. The molecule has 196 valence electrons. The van der Waals surface area contributed by atoms with E-state index in [2.05, 4.69) is 6.92 Å². The van der Waals surface area contributed by atoms with Gasteiger partial charge in [0.25, 0.3) is 0 Å². The van der Waals surface area contributed by atoms with E-state index in [1.165, 1.54) is 18.2 Å². The number of halogens is 3. The standard InChI is InChI=1S/C33H31F3O2/c1-2-32(18-10-3-11-19-32)33(25-14-6-9-17-30(25)36)26(23-12-4-7-15-28(23)34)20-22(31(37)38)21-27(33)24-13-5-8-16-29(24)35/h4-9,12-17,20-22H,2-3,10-11,18-19H2,1H3,(H,37,38). The molecule has 0 radical (unpaired) electrons. The molecule has 1 saturated carbocycles. The lowest BCUT2D eigenvalue weighted by Crippen LogP contribution is -2.51. The Morgan fingerprint density at radius 3 is 1.68 bits per heavy atom. The molecule has 3 aromatic rings. The average molecular weight is 517 g/mol. The maximum atomic E-state index is 16.2. The highest BCUT2D eigenvalue weighted by Gasteiger charge is 2.59. The molecule has 0 heterocycles. The molecule has 3 aromatic carbocycles. The number of carbonyl (C=O) groups is 1. The lowest BCUT2D eigenvalue weighted by atomic mass is 9.45. The Bertz CT molecular complexity index is 1350. The summed E-state index contributed by atoms with van der Waals surface area (Å²) < 4.78 is 47.5. The van der Waals surface area contributed by atoms with Gasteiger partial charge in [0.1, 0.15) is 17.5 Å². The first-order valence-electron chi connectivity index (χ1n) is 13.3. The van der Waals surface area contributed by atoms with E-state index in [0.29, 0.717) is 36.0 Å². The molecule has 1 fully saturated rings. The average Bonchev–Trinajstić information content (AvgIpc) is 2.93. The summed E-state index contributed by atoms with van der Waals surface area (Å²) >= 11 is 0. The summed E-state index contributed by atoms with van der Waals surface area (Å²) in [5.74, 6) is -3.81. The molecule has 2 aliphatic rings. The summed E-state index contributed by atoms with van der Waals surface area (Å²) in [5.41, 5.74) is -0.431. The molecule has 0 saturated heterocycles. The Hall–Kier alpha value is -3.60. The van der Waals surface area contributed by atoms with Gasteiger partial charge in [-0.1, -0.05) is 92.9 Å². The first-order chi connectivity index (χ1) is 18.4. The van der Waals surface area contributed by atoms with Crippen LogP contribution in [0.3, 0.4) is 0 Å². The predicted octanol–water partition coefficient (Wildman–Crippen LogP) is 8.58. The van der Waals surface area contributed by atoms with Crippen molar-refractivity contribution in [2.45, 2.75) is 50.9 Å². The summed E-state index contributed by atoms with van der Waals surface area (Å²) in [6, 6.07) is 18.9. The van der Waals surface area contributed by atoms with E-state index in [1.807, 2.05) is 0 Å². The fourth-order valence-corrected chi connectivity index (χ4v) is 7.02. The van der Waals surface area contributed by atoms with Crippen LogP contribution in [0.2, 0.25) is 0 Å². The minimum absolute atomic E-state index is 0.211. The van der Waals surface area contributed by atoms with Crippen molar-refractivity contribution in [1.82, 2.24) is 0 Å². The lowest BCUT2D eigenvalue weighted by molar-refractivity contribution is -0.138. The third kappa shape index (κ3) is 4.00. The van der Waals surface area contributed by atoms with Crippen molar-refractivity contribution in [3.05, 3.63) is 119 Å². The van der Waals surface area contributed by atoms with Gasteiger partial charge in [-0.05, 0) is 54.0 Å². The molecule has 5 rings (SSSR count). The largest absolute Gasteiger partial charge is 0.481 e.